The minimum atomic E-state index is -4.03. The Hall–Kier alpha value is -1.96. The lowest BCUT2D eigenvalue weighted by Crippen LogP contribution is -2.33. The van der Waals surface area contributed by atoms with Crippen molar-refractivity contribution in [1.82, 2.24) is 9.71 Å². The van der Waals surface area contributed by atoms with Gasteiger partial charge in [-0.15, -0.1) is 0 Å². The molecule has 2 heterocycles. The van der Waals surface area contributed by atoms with Gasteiger partial charge in [0.25, 0.3) is 10.0 Å². The van der Waals surface area contributed by atoms with E-state index >= 15 is 0 Å². The molecule has 0 saturated carbocycles. The number of nitrogens with zero attached hydrogens (tertiary/aromatic N) is 1. The minimum Gasteiger partial charge on any atom is -0.373 e. The zero-order valence-electron chi connectivity index (χ0n) is 12.6. The number of benzene rings is 1. The van der Waals surface area contributed by atoms with Crippen molar-refractivity contribution in [1.29, 1.82) is 0 Å². The Bertz CT molecular complexity index is 853. The largest absolute Gasteiger partial charge is 0.373 e. The third kappa shape index (κ3) is 3.75. The number of aromatic nitrogens is 1. The maximum Gasteiger partial charge on any atom is 0.281 e. The van der Waals surface area contributed by atoms with Crippen LogP contribution in [-0.2, 0) is 26.0 Å². The van der Waals surface area contributed by atoms with Gasteiger partial charge in [0.2, 0.25) is 5.91 Å². The summed E-state index contributed by atoms with van der Waals surface area (Å²) in [6, 6.07) is 10.3. The molecule has 1 aromatic carbocycles. The average Bonchev–Trinajstić information content (AvgIpc) is 2.55. The molecule has 0 spiro atoms. The van der Waals surface area contributed by atoms with E-state index in [9.17, 15) is 13.2 Å². The number of ether oxygens (including phenoxy) is 1. The number of rotatable bonds is 4. The van der Waals surface area contributed by atoms with Crippen LogP contribution in [0.4, 0.5) is 0 Å². The van der Waals surface area contributed by atoms with Gasteiger partial charge >= 0.3 is 0 Å². The van der Waals surface area contributed by atoms with Crippen molar-refractivity contribution in [2.75, 3.05) is 6.61 Å². The van der Waals surface area contributed by atoms with Crippen LogP contribution in [0.2, 0.25) is 5.02 Å². The van der Waals surface area contributed by atoms with E-state index in [0.717, 1.165) is 17.5 Å². The van der Waals surface area contributed by atoms with Crippen molar-refractivity contribution in [3.05, 3.63) is 58.7 Å². The Morgan fingerprint density at radius 1 is 1.29 bits per heavy atom. The summed E-state index contributed by atoms with van der Waals surface area (Å²) in [5.41, 5.74) is 2.03. The highest BCUT2D eigenvalue weighted by atomic mass is 35.5. The monoisotopic (exact) mass is 366 g/mol. The fourth-order valence-electron chi connectivity index (χ4n) is 2.58. The number of carbonyl (C=O) groups is 1. The Morgan fingerprint density at radius 2 is 2.08 bits per heavy atom. The van der Waals surface area contributed by atoms with Gasteiger partial charge in [0.15, 0.2) is 5.03 Å². The van der Waals surface area contributed by atoms with Crippen LogP contribution in [0.1, 0.15) is 23.7 Å². The quantitative estimate of drug-likeness (QED) is 0.896. The van der Waals surface area contributed by atoms with Crippen molar-refractivity contribution < 1.29 is 17.9 Å². The molecule has 24 heavy (non-hydrogen) atoms. The lowest BCUT2D eigenvalue weighted by molar-refractivity contribution is -0.122. The van der Waals surface area contributed by atoms with Crippen molar-refractivity contribution in [2.24, 2.45) is 0 Å². The summed E-state index contributed by atoms with van der Waals surface area (Å²) >= 11 is 5.68. The molecule has 1 aliphatic rings. The fraction of sp³-hybridized carbons (Fsp3) is 0.250. The first kappa shape index (κ1) is 16.9. The van der Waals surface area contributed by atoms with Gasteiger partial charge in [0, 0.05) is 6.20 Å². The molecule has 0 radical (unpaired) electrons. The fourth-order valence-corrected chi connectivity index (χ4v) is 3.62. The zero-order valence-corrected chi connectivity index (χ0v) is 14.2. The lowest BCUT2D eigenvalue weighted by atomic mass is 9.96. The molecule has 0 aliphatic carbocycles. The number of pyridine rings is 1. The van der Waals surface area contributed by atoms with E-state index in [1.807, 2.05) is 29.0 Å². The van der Waals surface area contributed by atoms with E-state index in [0.29, 0.717) is 11.6 Å². The van der Waals surface area contributed by atoms with Crippen LogP contribution in [0.25, 0.3) is 0 Å². The third-order valence-electron chi connectivity index (χ3n) is 3.69. The van der Waals surface area contributed by atoms with Gasteiger partial charge in [-0.2, -0.15) is 8.42 Å². The van der Waals surface area contributed by atoms with Crippen LogP contribution in [-0.4, -0.2) is 25.9 Å². The molecule has 6 nitrogen and oxygen atoms in total. The van der Waals surface area contributed by atoms with Crippen LogP contribution >= 0.6 is 11.6 Å². The van der Waals surface area contributed by atoms with Crippen molar-refractivity contribution in [3.8, 4) is 0 Å². The maximum absolute atomic E-state index is 12.2. The van der Waals surface area contributed by atoms with E-state index < -0.39 is 22.0 Å². The first-order chi connectivity index (χ1) is 11.5. The Labute approximate surface area is 144 Å². The summed E-state index contributed by atoms with van der Waals surface area (Å²) < 4.78 is 32.0. The van der Waals surface area contributed by atoms with E-state index in [-0.39, 0.29) is 11.4 Å². The number of fused-ring (bicyclic) bond motifs is 1. The molecule has 126 valence electrons. The molecule has 0 bridgehead atoms. The molecule has 1 amide bonds. The summed E-state index contributed by atoms with van der Waals surface area (Å²) in [6.45, 7) is 0.500. The first-order valence-electron chi connectivity index (χ1n) is 7.32. The second kappa shape index (κ2) is 6.88. The van der Waals surface area contributed by atoms with Crippen molar-refractivity contribution >= 4 is 27.5 Å². The molecule has 1 unspecified atom stereocenters. The van der Waals surface area contributed by atoms with E-state index in [1.165, 1.54) is 18.3 Å². The highest BCUT2D eigenvalue weighted by Gasteiger charge is 2.26. The summed E-state index contributed by atoms with van der Waals surface area (Å²) in [6.07, 6.45) is 1.45. The van der Waals surface area contributed by atoms with E-state index in [4.69, 9.17) is 16.3 Å². The van der Waals surface area contributed by atoms with E-state index in [2.05, 4.69) is 4.98 Å². The summed E-state index contributed by atoms with van der Waals surface area (Å²) in [5, 5.41) is 0.0534. The van der Waals surface area contributed by atoms with Crippen LogP contribution in [0.15, 0.2) is 47.6 Å². The van der Waals surface area contributed by atoms with Gasteiger partial charge in [-0.05, 0) is 29.7 Å². The molecule has 0 fully saturated rings. The molecular formula is C16H15ClN2O4S. The molecule has 1 N–H and O–H groups in total. The molecule has 1 aromatic heterocycles. The highest BCUT2D eigenvalue weighted by Crippen LogP contribution is 2.29. The van der Waals surface area contributed by atoms with Crippen molar-refractivity contribution in [3.63, 3.8) is 0 Å². The SMILES string of the molecule is O=C(CC1OCCc2ccccc21)NS(=O)(=O)c1ccc(Cl)cn1. The highest BCUT2D eigenvalue weighted by molar-refractivity contribution is 7.90. The topological polar surface area (TPSA) is 85.4 Å². The van der Waals surface area contributed by atoms with Crippen LogP contribution < -0.4 is 4.72 Å². The normalized spacial score (nSPS) is 17.1. The molecule has 1 aliphatic heterocycles. The first-order valence-corrected chi connectivity index (χ1v) is 9.18. The van der Waals surface area contributed by atoms with Crippen molar-refractivity contribution in [2.45, 2.75) is 24.0 Å². The number of amides is 1. The second-order valence-corrected chi connectivity index (χ2v) is 7.42. The van der Waals surface area contributed by atoms with Crippen LogP contribution in [0, 0.1) is 0 Å². The number of nitrogens with one attached hydrogen (secondary N) is 1. The maximum atomic E-state index is 12.2. The molecule has 1 atom stereocenters. The van der Waals surface area contributed by atoms with E-state index in [1.54, 1.807) is 0 Å². The minimum absolute atomic E-state index is 0.0795. The lowest BCUT2D eigenvalue weighted by Gasteiger charge is -2.25. The Morgan fingerprint density at radius 3 is 2.83 bits per heavy atom. The van der Waals surface area contributed by atoms with Gasteiger partial charge in [0.05, 0.1) is 24.2 Å². The predicted octanol–water partition coefficient (Wildman–Crippen LogP) is 2.24. The Balaban J connectivity index is 1.71. The van der Waals surface area contributed by atoms with Gasteiger partial charge < -0.3 is 4.74 Å². The number of halogens is 1. The summed E-state index contributed by atoms with van der Waals surface area (Å²) in [4.78, 5) is 15.9. The number of carbonyl (C=O) groups excluding carboxylic acids is 1. The van der Waals surface area contributed by atoms with Gasteiger partial charge in [-0.1, -0.05) is 35.9 Å². The van der Waals surface area contributed by atoms with Gasteiger partial charge in [0.1, 0.15) is 0 Å². The van der Waals surface area contributed by atoms with Gasteiger partial charge in [-0.25, -0.2) is 9.71 Å². The molecular weight excluding hydrogens is 352 g/mol. The molecule has 2 aromatic rings. The van der Waals surface area contributed by atoms with Crippen LogP contribution in [0.5, 0.6) is 0 Å². The third-order valence-corrected chi connectivity index (χ3v) is 5.20. The zero-order chi connectivity index (χ0) is 17.2. The smallest absolute Gasteiger partial charge is 0.281 e. The number of hydrogen-bond donors (Lipinski definition) is 1. The second-order valence-electron chi connectivity index (χ2n) is 5.36. The summed E-state index contributed by atoms with van der Waals surface area (Å²) in [5.74, 6) is -0.645. The summed E-state index contributed by atoms with van der Waals surface area (Å²) in [7, 11) is -4.03. The molecule has 0 saturated heterocycles. The van der Waals surface area contributed by atoms with Gasteiger partial charge in [-0.3, -0.25) is 4.79 Å². The van der Waals surface area contributed by atoms with Crippen LogP contribution in [0.3, 0.4) is 0 Å². The number of hydrogen-bond acceptors (Lipinski definition) is 5. The predicted molar refractivity (Wildman–Crippen MR) is 88.0 cm³/mol. The molecule has 3 rings (SSSR count). The number of sulfonamides is 1. The Kier molecular flexibility index (Phi) is 4.84. The molecule has 8 heteroatoms. The average molecular weight is 367 g/mol. The standard InChI is InChI=1S/C16H15ClN2O4S/c17-12-5-6-16(18-10-12)24(21,22)19-15(20)9-14-13-4-2-1-3-11(13)7-8-23-14/h1-6,10,14H,7-9H2,(H,19,20).